The highest BCUT2D eigenvalue weighted by molar-refractivity contribution is 6.39. The van der Waals surface area contributed by atoms with Crippen molar-refractivity contribution in [3.8, 4) is 11.3 Å². The second kappa shape index (κ2) is 44.8. The van der Waals surface area contributed by atoms with Gasteiger partial charge in [0.15, 0.2) is 17.0 Å². The number of hydrogen-bond donors (Lipinski definition) is 6. The van der Waals surface area contributed by atoms with Crippen molar-refractivity contribution >= 4 is 87.2 Å². The van der Waals surface area contributed by atoms with Gasteiger partial charge < -0.3 is 94.2 Å². The van der Waals surface area contributed by atoms with Gasteiger partial charge in [0.1, 0.15) is 53.8 Å². The number of rotatable bonds is 21. The predicted molar refractivity (Wildman–Crippen MR) is 495 cm³/mol. The molecule has 4 saturated heterocycles. The molecule has 5 aromatic heterocycles. The van der Waals surface area contributed by atoms with E-state index in [0.717, 1.165) is 40.9 Å². The number of amides is 4. The van der Waals surface area contributed by atoms with Crippen molar-refractivity contribution in [2.45, 2.75) is 219 Å². The van der Waals surface area contributed by atoms with Gasteiger partial charge in [-0.2, -0.15) is 10.1 Å². The van der Waals surface area contributed by atoms with E-state index in [1.54, 1.807) is 71.9 Å². The summed E-state index contributed by atoms with van der Waals surface area (Å²) in [5, 5.41) is 44.5. The average molecular weight is 1840 g/mol. The number of aromatic nitrogens is 9. The summed E-state index contributed by atoms with van der Waals surface area (Å²) in [6.07, 6.45) is 17.5. The van der Waals surface area contributed by atoms with E-state index in [4.69, 9.17) is 54.1 Å². The number of alkyl carbamates (subject to hydrolysis) is 1. The molecule has 16 atom stereocenters. The minimum atomic E-state index is -2.48. The fourth-order valence-corrected chi connectivity index (χ4v) is 19.5. The summed E-state index contributed by atoms with van der Waals surface area (Å²) in [5.74, 6) is -6.74. The van der Waals surface area contributed by atoms with Gasteiger partial charge in [0.05, 0.1) is 61.5 Å². The molecule has 2 aromatic carbocycles. The average Bonchev–Trinajstić information content (AvgIpc) is 1.71. The first-order chi connectivity index (χ1) is 64.0. The zero-order valence-corrected chi connectivity index (χ0v) is 78.0. The Morgan fingerprint density at radius 2 is 1.47 bits per heavy atom. The van der Waals surface area contributed by atoms with Gasteiger partial charge in [0.25, 0.3) is 23.6 Å². The quantitative estimate of drug-likeness (QED) is 0.0169. The molecule has 7 aliphatic rings. The second-order valence-corrected chi connectivity index (χ2v) is 37.0. The van der Waals surface area contributed by atoms with E-state index in [9.17, 15) is 48.9 Å². The van der Waals surface area contributed by atoms with E-state index in [1.165, 1.54) is 18.3 Å². The van der Waals surface area contributed by atoms with Gasteiger partial charge in [-0.1, -0.05) is 89.3 Å². The number of esters is 1. The fraction of sp³-hybridized carbons (Fsp3) is 0.577. The van der Waals surface area contributed by atoms with E-state index >= 15 is 0 Å². The summed E-state index contributed by atoms with van der Waals surface area (Å²) < 4.78 is 49.6. The number of ketones is 2. The largest absolute Gasteiger partial charge is 0.460 e. The van der Waals surface area contributed by atoms with Gasteiger partial charge in [0, 0.05) is 173 Å². The number of nitrogen functional groups attached to an aromatic ring is 2. The first kappa shape index (κ1) is 97.9. The van der Waals surface area contributed by atoms with Crippen LogP contribution in [-0.4, -0.2) is 288 Å². The van der Waals surface area contributed by atoms with Gasteiger partial charge in [0.2, 0.25) is 23.6 Å². The maximum atomic E-state index is 14.9. The zero-order chi connectivity index (χ0) is 94.3. The number of benzene rings is 2. The van der Waals surface area contributed by atoms with Gasteiger partial charge in [-0.3, -0.25) is 28.9 Å². The molecule has 36 nitrogen and oxygen atoms in total. The van der Waals surface area contributed by atoms with Crippen LogP contribution in [0.3, 0.4) is 0 Å². The van der Waals surface area contributed by atoms with Crippen LogP contribution in [0.15, 0.2) is 120 Å². The van der Waals surface area contributed by atoms with E-state index in [-0.39, 0.29) is 74.2 Å². The zero-order valence-electron chi connectivity index (χ0n) is 78.0. The van der Waals surface area contributed by atoms with Crippen molar-refractivity contribution in [1.82, 2.24) is 69.6 Å². The van der Waals surface area contributed by atoms with Gasteiger partial charge in [-0.25, -0.2) is 44.2 Å². The van der Waals surface area contributed by atoms with Crippen LogP contribution in [0, 0.1) is 35.5 Å². The Hall–Kier alpha value is -11.1. The predicted octanol–water partition coefficient (Wildman–Crippen LogP) is 8.72. The number of aliphatic hydroxyl groups is 3. The number of cyclic esters (lactones) is 1. The molecule has 14 rings (SSSR count). The Labute approximate surface area is 775 Å². The Bertz CT molecular complexity index is 5340. The van der Waals surface area contributed by atoms with Crippen LogP contribution in [0.25, 0.3) is 33.4 Å². The molecule has 1 saturated carbocycles. The Morgan fingerprint density at radius 3 is 2.20 bits per heavy atom. The number of anilines is 4. The SMILES string of the molecule is CO[C@H]1C[C@@H]2CC[C@@H](C)[C@@](O)(O2)C(=O)C(=O)N2CCCC[C@H]2C(=O)O[C@H]([C@H](C)C[C@@H]2CC[C@@H](OC(=O)NCc3cnc(N4CCN(C(=O)CCOCCN5CCN(c6ncc(C(=O)N7CCc8cc(Cn9nc(-c%10ccc%11oc(N)nc%11c%10)c%10c(N)ncnc%109)ccc8C7)cn6)CC5)CC4)nc3)[C@H](OC)C2)C[C@@H](O)[C@H](C)/C=C(\C)[C@@H](O)[C@@H](OC)C(=O)[C@H](C)C[C@H](C)/C=C/C=C/C=C/1C. The highest BCUT2D eigenvalue weighted by Gasteiger charge is 2.53. The molecule has 5 fully saturated rings. The third-order valence-electron chi connectivity index (χ3n) is 27.6. The lowest BCUT2D eigenvalue weighted by Gasteiger charge is -2.43. The number of nitrogens with two attached hydrogens (primary N) is 2. The van der Waals surface area contributed by atoms with Crippen LogP contribution in [0.2, 0.25) is 0 Å². The van der Waals surface area contributed by atoms with Crippen LogP contribution >= 0.6 is 0 Å². The topological polar surface area (TPSA) is 449 Å². The Balaban J connectivity index is 0.499. The molecule has 11 heterocycles. The standard InChI is InChI=1S/C97H130N18O18/c1-58-16-12-11-13-17-59(2)78(126-8)48-72-24-19-64(7)97(125,133-72)87(120)91(122)114-29-15-14-18-74(114)92(123)130-79(49-75(116)60(3)43-63(6)85(119)86(128-10)84(118)62(5)42-58)61(4)44-65-21-25-77(80(46-65)127-9)132-96(124)104-52-67-50-100-94(101-51-67)112-37-35-110(36-38-112)81(117)28-40-129-41-39-109-31-33-111(34-32-109)95-102-53-71(54-103-95)90(121)113-30-27-68-45-66(20-22-70(68)56-113)55-115-89-82(88(98)105-57-106-89)83(108-115)69-23-26-76-73(47-69)107-93(99)131-76/h11-13,16-17,20,22-23,26,43,45,47,50-51,53-54,57-58,60-62,64-65,72,74-75,77-80,85-86,116,119,125H,14-15,18-19,21,24-25,27-42,44,46,48-49,52,55-56H2,1-10H3,(H2,99,107)(H,104,124)(H2,98,105,106)/b13-11+,16-12+,59-17+,63-43+/t58-,60-,61-,62-,64-,65+,72+,74+,75-,77-,78+,79+,80-,85-,86+,97-/m1/s1. The first-order valence-electron chi connectivity index (χ1n) is 46.9. The van der Waals surface area contributed by atoms with Crippen molar-refractivity contribution < 1.29 is 86.5 Å². The summed E-state index contributed by atoms with van der Waals surface area (Å²) in [6, 6.07) is 10.7. The molecule has 1 aliphatic carbocycles. The van der Waals surface area contributed by atoms with Crippen LogP contribution in [0.1, 0.15) is 165 Å². The summed E-state index contributed by atoms with van der Waals surface area (Å²) in [4.78, 5) is 142. The monoisotopic (exact) mass is 1830 g/mol. The molecule has 8 N–H and O–H groups in total. The fourth-order valence-electron chi connectivity index (χ4n) is 19.5. The summed E-state index contributed by atoms with van der Waals surface area (Å²) >= 11 is 0. The number of fused-ring (bicyclic) bond motifs is 6. The number of ether oxygens (including phenoxy) is 7. The van der Waals surface area contributed by atoms with Crippen molar-refractivity contribution in [2.75, 3.05) is 128 Å². The van der Waals surface area contributed by atoms with Crippen LogP contribution < -0.4 is 26.6 Å². The van der Waals surface area contributed by atoms with E-state index < -0.39 is 108 Å². The molecule has 4 amide bonds. The Kier molecular flexibility index (Phi) is 33.0. The third kappa shape index (κ3) is 24.0. The number of piperidine rings is 1. The number of carbonyl (C=O) groups is 7. The second-order valence-electron chi connectivity index (χ2n) is 37.0. The lowest BCUT2D eigenvalue weighted by Crippen LogP contribution is -2.61. The lowest BCUT2D eigenvalue weighted by atomic mass is 9.78. The molecule has 0 radical (unpaired) electrons. The minimum absolute atomic E-state index is 0.0136. The maximum absolute atomic E-state index is 14.9. The van der Waals surface area contributed by atoms with Crippen molar-refractivity contribution in [2.24, 2.45) is 35.5 Å². The van der Waals surface area contributed by atoms with Crippen molar-refractivity contribution in [1.29, 1.82) is 0 Å². The van der Waals surface area contributed by atoms with Crippen LogP contribution in [0.5, 0.6) is 0 Å². The number of hydrogen-bond acceptors (Lipinski definition) is 31. The first-order valence-corrected chi connectivity index (χ1v) is 46.9. The number of piperazine rings is 2. The molecule has 0 unspecified atom stereocenters. The number of nitrogens with one attached hydrogen (secondary N) is 1. The van der Waals surface area contributed by atoms with Gasteiger partial charge in [-0.05, 0) is 148 Å². The summed E-state index contributed by atoms with van der Waals surface area (Å²) in [5.41, 5.74) is 21.0. The Morgan fingerprint density at radius 1 is 0.722 bits per heavy atom. The molecule has 6 aliphatic heterocycles. The van der Waals surface area contributed by atoms with E-state index in [1.807, 2.05) is 89.6 Å². The number of oxazole rings is 1. The molecule has 7 aromatic rings. The molecule has 133 heavy (non-hydrogen) atoms. The number of Topliss-reactive ketones (excluding diaryl/α,β-unsaturated/α-hetero) is 2. The van der Waals surface area contributed by atoms with Crippen molar-refractivity contribution in [3.63, 3.8) is 0 Å². The van der Waals surface area contributed by atoms with Crippen molar-refractivity contribution in [3.05, 3.63) is 143 Å². The van der Waals surface area contributed by atoms with Crippen LogP contribution in [-0.2, 0) is 83.2 Å². The lowest BCUT2D eigenvalue weighted by molar-refractivity contribution is -0.265. The molecular formula is C97H130N18O18. The molecule has 36 heteroatoms. The molecule has 716 valence electrons. The summed E-state index contributed by atoms with van der Waals surface area (Å²) in [6.45, 7) is 20.9. The maximum Gasteiger partial charge on any atom is 0.407 e. The number of aliphatic hydroxyl groups excluding tert-OH is 2. The van der Waals surface area contributed by atoms with E-state index in [2.05, 4.69) is 68.2 Å². The number of nitrogens with zero attached hydrogens (tertiary/aromatic N) is 15. The van der Waals surface area contributed by atoms with Gasteiger partial charge >= 0.3 is 12.1 Å². The number of carbonyl (C=O) groups excluding carboxylic acids is 7. The summed E-state index contributed by atoms with van der Waals surface area (Å²) in [7, 11) is 4.52. The number of allylic oxidation sites excluding steroid dienone is 5. The molecule has 2 bridgehead atoms. The highest BCUT2D eigenvalue weighted by Crippen LogP contribution is 2.41. The van der Waals surface area contributed by atoms with E-state index in [0.29, 0.717) is 205 Å². The normalized spacial score (nSPS) is 28.4. The minimum Gasteiger partial charge on any atom is -0.460 e. The third-order valence-corrected chi connectivity index (χ3v) is 27.6. The van der Waals surface area contributed by atoms with Crippen LogP contribution in [0.4, 0.5) is 28.5 Å². The highest BCUT2D eigenvalue weighted by atomic mass is 16.6. The number of methoxy groups -OCH3 is 3. The van der Waals surface area contributed by atoms with Gasteiger partial charge in [-0.15, -0.1) is 0 Å². The smallest absolute Gasteiger partial charge is 0.407 e. The molecule has 0 spiro atoms. The molecular weight excluding hydrogens is 1710 g/mol.